The molecule has 2 aliphatic rings. The molecular weight excluding hydrogens is 324 g/mol. The molecule has 3 rings (SSSR count). The Morgan fingerprint density at radius 2 is 2.21 bits per heavy atom. The second-order valence-electron chi connectivity index (χ2n) is 5.66. The topological polar surface area (TPSA) is 15.3 Å². The van der Waals surface area contributed by atoms with Crippen molar-refractivity contribution >= 4 is 33.2 Å². The second kappa shape index (κ2) is 5.63. The molecule has 0 spiro atoms. The molecular formula is C15H20BrClN2. The minimum Gasteiger partial charge on any atom is -0.364 e. The van der Waals surface area contributed by atoms with Crippen molar-refractivity contribution in [2.75, 3.05) is 18.0 Å². The molecule has 0 bridgehead atoms. The number of nitrogens with one attached hydrogen (secondary N) is 1. The van der Waals surface area contributed by atoms with Gasteiger partial charge in [0.05, 0.1) is 10.7 Å². The van der Waals surface area contributed by atoms with E-state index < -0.39 is 0 Å². The van der Waals surface area contributed by atoms with Gasteiger partial charge in [0.25, 0.3) is 0 Å². The molecule has 1 aromatic rings. The number of benzene rings is 1. The van der Waals surface area contributed by atoms with Gasteiger partial charge in [-0.25, -0.2) is 0 Å². The summed E-state index contributed by atoms with van der Waals surface area (Å²) in [6.45, 7) is 4.41. The lowest BCUT2D eigenvalue weighted by molar-refractivity contribution is 0.360. The lowest BCUT2D eigenvalue weighted by Gasteiger charge is -2.42. The standard InChI is InChI=1S/C15H20BrClN2/c1-2-12-8-18-14(10-3-4-10)9-19(12)15-7-11(16)5-6-13(15)17/h5-7,10,12,14,18H,2-4,8-9H2,1H3. The van der Waals surface area contributed by atoms with Gasteiger partial charge in [0.15, 0.2) is 0 Å². The van der Waals surface area contributed by atoms with Crippen LogP contribution in [0.5, 0.6) is 0 Å². The van der Waals surface area contributed by atoms with E-state index in [-0.39, 0.29) is 0 Å². The summed E-state index contributed by atoms with van der Waals surface area (Å²) in [5, 5.41) is 4.58. The van der Waals surface area contributed by atoms with Gasteiger partial charge in [-0.05, 0) is 43.4 Å². The normalized spacial score (nSPS) is 27.6. The Bertz CT molecular complexity index is 461. The Kier molecular flexibility index (Phi) is 4.06. The molecule has 0 radical (unpaired) electrons. The lowest BCUT2D eigenvalue weighted by Crippen LogP contribution is -2.57. The summed E-state index contributed by atoms with van der Waals surface area (Å²) in [6.07, 6.45) is 3.91. The molecule has 1 aromatic carbocycles. The van der Waals surface area contributed by atoms with Gasteiger partial charge >= 0.3 is 0 Å². The Balaban J connectivity index is 1.87. The largest absolute Gasteiger partial charge is 0.364 e. The first-order chi connectivity index (χ1) is 9.19. The van der Waals surface area contributed by atoms with Gasteiger partial charge in [-0.1, -0.05) is 34.5 Å². The first kappa shape index (κ1) is 13.7. The third-order valence-corrected chi connectivity index (χ3v) is 5.14. The number of piperazine rings is 1. The zero-order valence-corrected chi connectivity index (χ0v) is 13.5. The van der Waals surface area contributed by atoms with Crippen LogP contribution >= 0.6 is 27.5 Å². The van der Waals surface area contributed by atoms with Crippen molar-refractivity contribution in [3.8, 4) is 0 Å². The fourth-order valence-electron chi connectivity index (χ4n) is 3.00. The van der Waals surface area contributed by atoms with E-state index in [1.165, 1.54) is 18.5 Å². The Morgan fingerprint density at radius 1 is 1.42 bits per heavy atom. The van der Waals surface area contributed by atoms with E-state index in [0.717, 1.165) is 34.9 Å². The maximum absolute atomic E-state index is 6.41. The average molecular weight is 344 g/mol. The minimum atomic E-state index is 0.543. The molecule has 1 aliphatic heterocycles. The number of hydrogen-bond donors (Lipinski definition) is 1. The van der Waals surface area contributed by atoms with E-state index in [2.05, 4.69) is 39.1 Å². The van der Waals surface area contributed by atoms with Crippen LogP contribution in [-0.4, -0.2) is 25.2 Å². The van der Waals surface area contributed by atoms with Crippen LogP contribution in [0.25, 0.3) is 0 Å². The van der Waals surface area contributed by atoms with E-state index in [1.807, 2.05) is 12.1 Å². The van der Waals surface area contributed by atoms with Crippen LogP contribution < -0.4 is 10.2 Å². The van der Waals surface area contributed by atoms with Crippen LogP contribution in [0.1, 0.15) is 26.2 Å². The zero-order valence-electron chi connectivity index (χ0n) is 11.2. The van der Waals surface area contributed by atoms with Crippen molar-refractivity contribution in [3.63, 3.8) is 0 Å². The molecule has 1 heterocycles. The lowest BCUT2D eigenvalue weighted by atomic mass is 10.0. The van der Waals surface area contributed by atoms with Gasteiger partial charge < -0.3 is 10.2 Å². The molecule has 2 atom stereocenters. The van der Waals surface area contributed by atoms with E-state index in [1.54, 1.807) is 0 Å². The first-order valence-electron chi connectivity index (χ1n) is 7.14. The van der Waals surface area contributed by atoms with E-state index in [0.29, 0.717) is 12.1 Å². The SMILES string of the molecule is CCC1CNC(C2CC2)CN1c1cc(Br)ccc1Cl. The van der Waals surface area contributed by atoms with Gasteiger partial charge in [-0.15, -0.1) is 0 Å². The van der Waals surface area contributed by atoms with Crippen LogP contribution in [0.2, 0.25) is 5.02 Å². The zero-order chi connectivity index (χ0) is 13.4. The van der Waals surface area contributed by atoms with Crippen molar-refractivity contribution in [2.24, 2.45) is 5.92 Å². The van der Waals surface area contributed by atoms with E-state index in [9.17, 15) is 0 Å². The monoisotopic (exact) mass is 342 g/mol. The van der Waals surface area contributed by atoms with Crippen LogP contribution in [0.4, 0.5) is 5.69 Å². The third kappa shape index (κ3) is 2.93. The quantitative estimate of drug-likeness (QED) is 0.890. The van der Waals surface area contributed by atoms with Crippen LogP contribution in [0.15, 0.2) is 22.7 Å². The van der Waals surface area contributed by atoms with Gasteiger partial charge in [0.1, 0.15) is 0 Å². The van der Waals surface area contributed by atoms with Crippen molar-refractivity contribution in [3.05, 3.63) is 27.7 Å². The van der Waals surface area contributed by atoms with Gasteiger partial charge in [-0.3, -0.25) is 0 Å². The van der Waals surface area contributed by atoms with Crippen molar-refractivity contribution in [1.29, 1.82) is 0 Å². The molecule has 1 saturated carbocycles. The fraction of sp³-hybridized carbons (Fsp3) is 0.600. The number of nitrogens with zero attached hydrogens (tertiary/aromatic N) is 1. The highest BCUT2D eigenvalue weighted by Crippen LogP contribution is 2.37. The highest BCUT2D eigenvalue weighted by molar-refractivity contribution is 9.10. The molecule has 2 unspecified atom stereocenters. The molecule has 1 aliphatic carbocycles. The smallest absolute Gasteiger partial charge is 0.0640 e. The summed E-state index contributed by atoms with van der Waals surface area (Å²) < 4.78 is 1.10. The van der Waals surface area contributed by atoms with Gasteiger partial charge in [0.2, 0.25) is 0 Å². The molecule has 0 amide bonds. The maximum Gasteiger partial charge on any atom is 0.0640 e. The minimum absolute atomic E-state index is 0.543. The van der Waals surface area contributed by atoms with Crippen LogP contribution in [-0.2, 0) is 0 Å². The molecule has 2 fully saturated rings. The predicted octanol–water partition coefficient (Wildman–Crippen LogP) is 4.07. The number of halogens is 2. The molecule has 104 valence electrons. The van der Waals surface area contributed by atoms with Crippen molar-refractivity contribution in [1.82, 2.24) is 5.32 Å². The van der Waals surface area contributed by atoms with Gasteiger partial charge in [0, 0.05) is 29.6 Å². The number of hydrogen-bond acceptors (Lipinski definition) is 2. The summed E-state index contributed by atoms with van der Waals surface area (Å²) in [7, 11) is 0. The maximum atomic E-state index is 6.41. The summed E-state index contributed by atoms with van der Waals surface area (Å²) in [5.74, 6) is 0.881. The van der Waals surface area contributed by atoms with Gasteiger partial charge in [-0.2, -0.15) is 0 Å². The predicted molar refractivity (Wildman–Crippen MR) is 85.1 cm³/mol. The molecule has 19 heavy (non-hydrogen) atoms. The average Bonchev–Trinajstić information content (AvgIpc) is 3.25. The Morgan fingerprint density at radius 3 is 2.89 bits per heavy atom. The third-order valence-electron chi connectivity index (χ3n) is 4.33. The summed E-state index contributed by atoms with van der Waals surface area (Å²) in [5.41, 5.74) is 1.18. The Labute approximate surface area is 128 Å². The van der Waals surface area contributed by atoms with Crippen LogP contribution in [0, 0.1) is 5.92 Å². The molecule has 2 nitrogen and oxygen atoms in total. The van der Waals surface area contributed by atoms with Crippen molar-refractivity contribution < 1.29 is 0 Å². The van der Waals surface area contributed by atoms with E-state index in [4.69, 9.17) is 11.6 Å². The highest BCUT2D eigenvalue weighted by atomic mass is 79.9. The van der Waals surface area contributed by atoms with Crippen molar-refractivity contribution in [2.45, 2.75) is 38.3 Å². The number of anilines is 1. The molecule has 0 aromatic heterocycles. The summed E-state index contributed by atoms with van der Waals surface area (Å²) in [6, 6.07) is 7.33. The molecule has 1 N–H and O–H groups in total. The number of rotatable bonds is 3. The summed E-state index contributed by atoms with van der Waals surface area (Å²) in [4.78, 5) is 2.51. The van der Waals surface area contributed by atoms with Crippen LogP contribution in [0.3, 0.4) is 0 Å². The highest BCUT2D eigenvalue weighted by Gasteiger charge is 2.37. The first-order valence-corrected chi connectivity index (χ1v) is 8.31. The molecule has 1 saturated heterocycles. The fourth-order valence-corrected chi connectivity index (χ4v) is 3.58. The Hall–Kier alpha value is -0.250. The summed E-state index contributed by atoms with van der Waals surface area (Å²) >= 11 is 9.97. The second-order valence-corrected chi connectivity index (χ2v) is 6.99. The molecule has 4 heteroatoms. The van der Waals surface area contributed by atoms with E-state index >= 15 is 0 Å².